The molecule has 0 bridgehead atoms. The lowest BCUT2D eigenvalue weighted by atomic mass is 10.1. The number of nitrogens with two attached hydrogens (primary N) is 1. The van der Waals surface area contributed by atoms with Gasteiger partial charge in [-0.2, -0.15) is 0 Å². The van der Waals surface area contributed by atoms with E-state index >= 15 is 0 Å². The predicted molar refractivity (Wildman–Crippen MR) is 73.8 cm³/mol. The van der Waals surface area contributed by atoms with Gasteiger partial charge in [0, 0.05) is 17.4 Å². The van der Waals surface area contributed by atoms with Crippen LogP contribution in [0.15, 0.2) is 24.3 Å². The van der Waals surface area contributed by atoms with Crippen LogP contribution in [0.5, 0.6) is 0 Å². The standard InChI is InChI=1S/C12H10Cl2N4/c13-10-11(14)18-12(17-10)9-4-7-3-6(5-15)1-2-8(7)16-9/h1-4,16H,5,15H2,(H,17,18). The fraction of sp³-hybridized carbons (Fsp3) is 0.0833. The maximum absolute atomic E-state index is 5.85. The van der Waals surface area contributed by atoms with Gasteiger partial charge in [0.25, 0.3) is 0 Å². The van der Waals surface area contributed by atoms with E-state index in [-0.39, 0.29) is 5.15 Å². The quantitative estimate of drug-likeness (QED) is 0.674. The van der Waals surface area contributed by atoms with Crippen molar-refractivity contribution in [3.05, 3.63) is 40.1 Å². The molecule has 0 fully saturated rings. The third kappa shape index (κ3) is 1.88. The van der Waals surface area contributed by atoms with Gasteiger partial charge in [0.05, 0.1) is 5.69 Å². The van der Waals surface area contributed by atoms with Gasteiger partial charge in [0.15, 0.2) is 11.0 Å². The molecule has 92 valence electrons. The molecule has 0 saturated heterocycles. The number of aromatic amines is 2. The Balaban J connectivity index is 2.12. The average molecular weight is 281 g/mol. The normalized spacial score (nSPS) is 11.3. The minimum atomic E-state index is 0.271. The van der Waals surface area contributed by atoms with Crippen molar-refractivity contribution in [3.63, 3.8) is 0 Å². The molecule has 2 aromatic heterocycles. The van der Waals surface area contributed by atoms with Crippen LogP contribution in [-0.4, -0.2) is 15.0 Å². The predicted octanol–water partition coefficient (Wildman–Crippen LogP) is 3.32. The van der Waals surface area contributed by atoms with Crippen molar-refractivity contribution in [2.75, 3.05) is 0 Å². The SMILES string of the molecule is NCc1ccc2[nH]c(-c3nc(Cl)c(Cl)[nH]3)cc2c1. The Hall–Kier alpha value is -1.49. The van der Waals surface area contributed by atoms with Crippen molar-refractivity contribution >= 4 is 34.1 Å². The van der Waals surface area contributed by atoms with Crippen molar-refractivity contribution in [1.82, 2.24) is 15.0 Å². The summed E-state index contributed by atoms with van der Waals surface area (Å²) in [6, 6.07) is 8.01. The summed E-state index contributed by atoms with van der Waals surface area (Å²) < 4.78 is 0. The van der Waals surface area contributed by atoms with E-state index in [1.165, 1.54) is 0 Å². The number of fused-ring (bicyclic) bond motifs is 1. The van der Waals surface area contributed by atoms with Crippen molar-refractivity contribution in [2.24, 2.45) is 5.73 Å². The Bertz CT molecular complexity index is 695. The first kappa shape index (κ1) is 11.6. The van der Waals surface area contributed by atoms with E-state index in [0.29, 0.717) is 17.5 Å². The second-order valence-corrected chi connectivity index (χ2v) is 4.73. The van der Waals surface area contributed by atoms with E-state index < -0.39 is 0 Å². The molecule has 2 heterocycles. The molecule has 18 heavy (non-hydrogen) atoms. The number of rotatable bonds is 2. The van der Waals surface area contributed by atoms with Gasteiger partial charge in [0.2, 0.25) is 0 Å². The molecule has 3 aromatic rings. The summed E-state index contributed by atoms with van der Waals surface area (Å²) in [7, 11) is 0. The largest absolute Gasteiger partial charge is 0.352 e. The van der Waals surface area contributed by atoms with E-state index in [1.807, 2.05) is 24.3 Å². The number of hydrogen-bond acceptors (Lipinski definition) is 2. The summed E-state index contributed by atoms with van der Waals surface area (Å²) in [5.41, 5.74) is 8.56. The highest BCUT2D eigenvalue weighted by Crippen LogP contribution is 2.27. The lowest BCUT2D eigenvalue weighted by molar-refractivity contribution is 1.08. The third-order valence-corrected chi connectivity index (χ3v) is 3.44. The average Bonchev–Trinajstić information content (AvgIpc) is 2.92. The third-order valence-electron chi connectivity index (χ3n) is 2.80. The number of benzene rings is 1. The Labute approximate surface area is 113 Å². The highest BCUT2D eigenvalue weighted by Gasteiger charge is 2.10. The molecule has 1 aromatic carbocycles. The van der Waals surface area contributed by atoms with Crippen LogP contribution >= 0.6 is 23.2 Å². The number of halogens is 2. The summed E-state index contributed by atoms with van der Waals surface area (Å²) in [5.74, 6) is 0.621. The molecule has 0 aliphatic rings. The fourth-order valence-electron chi connectivity index (χ4n) is 1.89. The van der Waals surface area contributed by atoms with Gasteiger partial charge in [-0.3, -0.25) is 0 Å². The maximum atomic E-state index is 5.85. The molecule has 0 unspecified atom stereocenters. The Kier molecular flexibility index (Phi) is 2.78. The first-order valence-corrected chi connectivity index (χ1v) is 6.16. The number of nitrogens with one attached hydrogen (secondary N) is 2. The Morgan fingerprint density at radius 1 is 1.17 bits per heavy atom. The first-order chi connectivity index (χ1) is 8.67. The number of aromatic nitrogens is 3. The van der Waals surface area contributed by atoms with Crippen LogP contribution in [0, 0.1) is 0 Å². The zero-order chi connectivity index (χ0) is 12.7. The minimum absolute atomic E-state index is 0.271. The monoisotopic (exact) mass is 280 g/mol. The molecule has 0 aliphatic carbocycles. The first-order valence-electron chi connectivity index (χ1n) is 5.40. The highest BCUT2D eigenvalue weighted by molar-refractivity contribution is 6.40. The molecule has 3 rings (SSSR count). The van der Waals surface area contributed by atoms with Crippen molar-refractivity contribution in [2.45, 2.75) is 6.54 Å². The van der Waals surface area contributed by atoms with Gasteiger partial charge in [-0.15, -0.1) is 0 Å². The van der Waals surface area contributed by atoms with E-state index in [2.05, 4.69) is 15.0 Å². The number of nitrogens with zero attached hydrogens (tertiary/aromatic N) is 1. The topological polar surface area (TPSA) is 70.5 Å². The van der Waals surface area contributed by atoms with Gasteiger partial charge in [-0.25, -0.2) is 4.98 Å². The Morgan fingerprint density at radius 3 is 2.67 bits per heavy atom. The van der Waals surface area contributed by atoms with E-state index in [1.54, 1.807) is 0 Å². The van der Waals surface area contributed by atoms with E-state index in [9.17, 15) is 0 Å². The van der Waals surface area contributed by atoms with E-state index in [0.717, 1.165) is 22.2 Å². The van der Waals surface area contributed by atoms with Crippen LogP contribution in [0.1, 0.15) is 5.56 Å². The molecule has 0 spiro atoms. The smallest absolute Gasteiger partial charge is 0.166 e. The molecule has 0 radical (unpaired) electrons. The lowest BCUT2D eigenvalue weighted by Crippen LogP contribution is -1.94. The molecular weight excluding hydrogens is 271 g/mol. The van der Waals surface area contributed by atoms with Gasteiger partial charge in [0.1, 0.15) is 5.15 Å². The van der Waals surface area contributed by atoms with Crippen LogP contribution < -0.4 is 5.73 Å². The highest BCUT2D eigenvalue weighted by atomic mass is 35.5. The summed E-state index contributed by atoms with van der Waals surface area (Å²) >= 11 is 11.7. The van der Waals surface area contributed by atoms with Gasteiger partial charge >= 0.3 is 0 Å². The Morgan fingerprint density at radius 2 is 2.00 bits per heavy atom. The minimum Gasteiger partial charge on any atom is -0.352 e. The second kappa shape index (κ2) is 4.31. The lowest BCUT2D eigenvalue weighted by Gasteiger charge is -1.94. The number of hydrogen-bond donors (Lipinski definition) is 3. The zero-order valence-corrected chi connectivity index (χ0v) is 10.8. The van der Waals surface area contributed by atoms with E-state index in [4.69, 9.17) is 28.9 Å². The molecule has 0 amide bonds. The molecule has 0 atom stereocenters. The summed E-state index contributed by atoms with van der Waals surface area (Å²) in [6.45, 7) is 0.523. The van der Waals surface area contributed by atoms with Crippen LogP contribution in [0.4, 0.5) is 0 Å². The van der Waals surface area contributed by atoms with Crippen LogP contribution in [0.25, 0.3) is 22.4 Å². The molecular formula is C12H10Cl2N4. The molecule has 6 heteroatoms. The zero-order valence-electron chi connectivity index (χ0n) is 9.30. The van der Waals surface area contributed by atoms with Crippen LogP contribution in [0.3, 0.4) is 0 Å². The maximum Gasteiger partial charge on any atom is 0.166 e. The second-order valence-electron chi connectivity index (χ2n) is 4.00. The molecule has 4 nitrogen and oxygen atoms in total. The van der Waals surface area contributed by atoms with Crippen LogP contribution in [0.2, 0.25) is 10.3 Å². The van der Waals surface area contributed by atoms with Gasteiger partial charge < -0.3 is 15.7 Å². The van der Waals surface area contributed by atoms with Crippen molar-refractivity contribution < 1.29 is 0 Å². The number of imidazole rings is 1. The molecule has 0 aliphatic heterocycles. The summed E-state index contributed by atoms with van der Waals surface area (Å²) in [6.07, 6.45) is 0. The van der Waals surface area contributed by atoms with Gasteiger partial charge in [-0.1, -0.05) is 29.3 Å². The van der Waals surface area contributed by atoms with Gasteiger partial charge in [-0.05, 0) is 23.8 Å². The molecule has 4 N–H and O–H groups in total. The fourth-order valence-corrected chi connectivity index (χ4v) is 2.16. The van der Waals surface area contributed by atoms with Crippen molar-refractivity contribution in [3.8, 4) is 11.5 Å². The van der Waals surface area contributed by atoms with Crippen LogP contribution in [-0.2, 0) is 6.54 Å². The number of H-pyrrole nitrogens is 2. The summed E-state index contributed by atoms with van der Waals surface area (Å²) in [5, 5.41) is 1.69. The molecule has 0 saturated carbocycles. The summed E-state index contributed by atoms with van der Waals surface area (Å²) in [4.78, 5) is 10.3. The van der Waals surface area contributed by atoms with Crippen molar-refractivity contribution in [1.29, 1.82) is 0 Å².